The largest absolute Gasteiger partial charge is 0.341 e. The normalized spacial score (nSPS) is 10.6. The molecule has 0 aliphatic carbocycles. The minimum absolute atomic E-state index is 0.0918. The first-order chi connectivity index (χ1) is 12.5. The van der Waals surface area contributed by atoms with E-state index in [0.29, 0.717) is 16.6 Å². The third-order valence-corrected chi connectivity index (χ3v) is 4.90. The van der Waals surface area contributed by atoms with Crippen LogP contribution in [0.5, 0.6) is 0 Å². The molecule has 2 aromatic carbocycles. The first kappa shape index (κ1) is 18.4. The summed E-state index contributed by atoms with van der Waals surface area (Å²) in [5.41, 5.74) is 3.04. The number of hydrogen-bond donors (Lipinski definition) is 1. The van der Waals surface area contributed by atoms with Crippen molar-refractivity contribution in [3.8, 4) is 0 Å². The average molecular weight is 387 g/mol. The second kappa shape index (κ2) is 8.29. The number of benzene rings is 2. The van der Waals surface area contributed by atoms with E-state index < -0.39 is 0 Å². The summed E-state index contributed by atoms with van der Waals surface area (Å²) >= 11 is 7.19. The molecule has 0 spiro atoms. The fraction of sp³-hybridized carbons (Fsp3) is 0.211. The van der Waals surface area contributed by atoms with Gasteiger partial charge in [-0.3, -0.25) is 4.79 Å². The van der Waals surface area contributed by atoms with Gasteiger partial charge in [-0.25, -0.2) is 4.98 Å². The maximum absolute atomic E-state index is 12.2. The van der Waals surface area contributed by atoms with Gasteiger partial charge in [-0.1, -0.05) is 41.4 Å². The monoisotopic (exact) mass is 386 g/mol. The van der Waals surface area contributed by atoms with Gasteiger partial charge in [0.2, 0.25) is 11.0 Å². The van der Waals surface area contributed by atoms with Crippen LogP contribution in [0.2, 0.25) is 5.02 Å². The second-order valence-corrected chi connectivity index (χ2v) is 7.23. The standard InChI is InChI=1S/C19H19ClN4OS/c1-13-3-9-16(10-4-13)21-18(25)12-24(2)19-22-17(23-26-19)11-14-5-7-15(20)8-6-14/h3-10H,11-12H2,1-2H3,(H,21,25). The van der Waals surface area contributed by atoms with Gasteiger partial charge in [0.25, 0.3) is 0 Å². The molecule has 0 saturated heterocycles. The molecule has 0 bridgehead atoms. The van der Waals surface area contributed by atoms with Crippen LogP contribution < -0.4 is 10.2 Å². The molecule has 0 aliphatic rings. The minimum Gasteiger partial charge on any atom is -0.341 e. The van der Waals surface area contributed by atoms with Crippen molar-refractivity contribution in [2.45, 2.75) is 13.3 Å². The lowest BCUT2D eigenvalue weighted by Gasteiger charge is -2.14. The van der Waals surface area contributed by atoms with Crippen LogP contribution >= 0.6 is 23.1 Å². The predicted molar refractivity (Wildman–Crippen MR) is 107 cm³/mol. The Hall–Kier alpha value is -2.44. The summed E-state index contributed by atoms with van der Waals surface area (Å²) in [6, 6.07) is 15.3. The molecule has 1 aromatic heterocycles. The third-order valence-electron chi connectivity index (χ3n) is 3.78. The van der Waals surface area contributed by atoms with Crippen molar-refractivity contribution in [1.82, 2.24) is 9.36 Å². The van der Waals surface area contributed by atoms with Crippen molar-refractivity contribution in [2.24, 2.45) is 0 Å². The van der Waals surface area contributed by atoms with Crippen molar-refractivity contribution in [2.75, 3.05) is 23.8 Å². The summed E-state index contributed by atoms with van der Waals surface area (Å²) in [4.78, 5) is 18.5. The molecule has 0 aliphatic heterocycles. The number of halogens is 1. The van der Waals surface area contributed by atoms with E-state index >= 15 is 0 Å². The van der Waals surface area contributed by atoms with Gasteiger partial charge in [0.05, 0.1) is 6.54 Å². The Balaban J connectivity index is 1.57. The fourth-order valence-electron chi connectivity index (χ4n) is 2.38. The molecular formula is C19H19ClN4OS. The molecule has 26 heavy (non-hydrogen) atoms. The summed E-state index contributed by atoms with van der Waals surface area (Å²) < 4.78 is 4.38. The van der Waals surface area contributed by atoms with Gasteiger partial charge in [-0.05, 0) is 36.8 Å². The summed E-state index contributed by atoms with van der Waals surface area (Å²) in [5, 5.41) is 4.31. The van der Waals surface area contributed by atoms with Crippen LogP contribution in [0.25, 0.3) is 0 Å². The smallest absolute Gasteiger partial charge is 0.243 e. The van der Waals surface area contributed by atoms with Gasteiger partial charge in [-0.2, -0.15) is 4.37 Å². The lowest BCUT2D eigenvalue weighted by atomic mass is 10.1. The highest BCUT2D eigenvalue weighted by Crippen LogP contribution is 2.19. The van der Waals surface area contributed by atoms with E-state index in [1.165, 1.54) is 11.5 Å². The van der Waals surface area contributed by atoms with Crippen molar-refractivity contribution in [3.63, 3.8) is 0 Å². The number of carbonyl (C=O) groups is 1. The van der Waals surface area contributed by atoms with Gasteiger partial charge >= 0.3 is 0 Å². The van der Waals surface area contributed by atoms with Crippen LogP contribution in [0.15, 0.2) is 48.5 Å². The van der Waals surface area contributed by atoms with Crippen molar-refractivity contribution in [1.29, 1.82) is 0 Å². The van der Waals surface area contributed by atoms with E-state index in [2.05, 4.69) is 14.7 Å². The molecular weight excluding hydrogens is 368 g/mol. The van der Waals surface area contributed by atoms with Gasteiger partial charge in [0.15, 0.2) is 0 Å². The Bertz CT molecular complexity index is 877. The van der Waals surface area contributed by atoms with E-state index in [-0.39, 0.29) is 12.5 Å². The Morgan fingerprint density at radius 2 is 1.85 bits per heavy atom. The molecule has 5 nitrogen and oxygen atoms in total. The highest BCUT2D eigenvalue weighted by Gasteiger charge is 2.13. The molecule has 0 fully saturated rings. The van der Waals surface area contributed by atoms with Gasteiger partial charge in [0, 0.05) is 35.7 Å². The molecule has 3 rings (SSSR count). The predicted octanol–water partition coefficient (Wildman–Crippen LogP) is 4.17. The van der Waals surface area contributed by atoms with Crippen LogP contribution in [-0.2, 0) is 11.2 Å². The number of rotatable bonds is 6. The Morgan fingerprint density at radius 1 is 1.15 bits per heavy atom. The average Bonchev–Trinajstić information content (AvgIpc) is 3.08. The maximum Gasteiger partial charge on any atom is 0.243 e. The lowest BCUT2D eigenvalue weighted by molar-refractivity contribution is -0.114. The van der Waals surface area contributed by atoms with E-state index in [1.807, 2.05) is 62.5 Å². The zero-order valence-corrected chi connectivity index (χ0v) is 16.1. The van der Waals surface area contributed by atoms with Crippen molar-refractivity contribution in [3.05, 3.63) is 70.5 Å². The molecule has 7 heteroatoms. The van der Waals surface area contributed by atoms with Crippen LogP contribution in [-0.4, -0.2) is 28.9 Å². The van der Waals surface area contributed by atoms with Gasteiger partial charge < -0.3 is 10.2 Å². The summed E-state index contributed by atoms with van der Waals surface area (Å²) in [6.07, 6.45) is 0.636. The first-order valence-electron chi connectivity index (χ1n) is 8.14. The number of hydrogen-bond acceptors (Lipinski definition) is 5. The number of amides is 1. The van der Waals surface area contributed by atoms with E-state index in [4.69, 9.17) is 11.6 Å². The van der Waals surface area contributed by atoms with E-state index in [1.54, 1.807) is 4.90 Å². The molecule has 1 heterocycles. The third kappa shape index (κ3) is 5.03. The Labute approximate surface area is 161 Å². The lowest BCUT2D eigenvalue weighted by Crippen LogP contribution is -2.30. The van der Waals surface area contributed by atoms with Gasteiger partial charge in [-0.15, -0.1) is 0 Å². The fourth-order valence-corrected chi connectivity index (χ4v) is 3.15. The number of nitrogens with one attached hydrogen (secondary N) is 1. The van der Waals surface area contributed by atoms with Crippen molar-refractivity contribution < 1.29 is 4.79 Å². The molecule has 1 amide bonds. The molecule has 0 unspecified atom stereocenters. The first-order valence-corrected chi connectivity index (χ1v) is 9.29. The maximum atomic E-state index is 12.2. The number of aromatic nitrogens is 2. The number of aryl methyl sites for hydroxylation is 1. The quantitative estimate of drug-likeness (QED) is 0.690. The molecule has 0 radical (unpaired) electrons. The Morgan fingerprint density at radius 3 is 2.54 bits per heavy atom. The van der Waals surface area contributed by atoms with Crippen LogP contribution in [0.1, 0.15) is 17.0 Å². The summed E-state index contributed by atoms with van der Waals surface area (Å²) in [5.74, 6) is 0.643. The van der Waals surface area contributed by atoms with Gasteiger partial charge in [0.1, 0.15) is 5.82 Å². The number of anilines is 2. The van der Waals surface area contributed by atoms with E-state index in [0.717, 1.165) is 22.6 Å². The van der Waals surface area contributed by atoms with Crippen LogP contribution in [0, 0.1) is 6.92 Å². The molecule has 1 N–H and O–H groups in total. The minimum atomic E-state index is -0.0918. The Kier molecular flexibility index (Phi) is 5.85. The van der Waals surface area contributed by atoms with E-state index in [9.17, 15) is 4.79 Å². The highest BCUT2D eigenvalue weighted by atomic mass is 35.5. The molecule has 0 atom stereocenters. The molecule has 3 aromatic rings. The highest BCUT2D eigenvalue weighted by molar-refractivity contribution is 7.09. The second-order valence-electron chi connectivity index (χ2n) is 6.07. The van der Waals surface area contributed by atoms with Crippen LogP contribution in [0.4, 0.5) is 10.8 Å². The zero-order valence-electron chi connectivity index (χ0n) is 14.6. The topological polar surface area (TPSA) is 58.1 Å². The SMILES string of the molecule is Cc1ccc(NC(=O)CN(C)c2nc(Cc3ccc(Cl)cc3)ns2)cc1. The summed E-state index contributed by atoms with van der Waals surface area (Å²) in [7, 11) is 1.83. The molecule has 0 saturated carbocycles. The number of carbonyl (C=O) groups excluding carboxylic acids is 1. The van der Waals surface area contributed by atoms with Crippen molar-refractivity contribution >= 4 is 39.9 Å². The number of likely N-dealkylation sites (N-methyl/N-ethyl adjacent to an activating group) is 1. The zero-order chi connectivity index (χ0) is 18.5. The molecule has 134 valence electrons. The number of nitrogens with zero attached hydrogens (tertiary/aromatic N) is 3. The summed E-state index contributed by atoms with van der Waals surface area (Å²) in [6.45, 7) is 2.22. The van der Waals surface area contributed by atoms with Crippen LogP contribution in [0.3, 0.4) is 0 Å².